The van der Waals surface area contributed by atoms with Gasteiger partial charge < -0.3 is 28.8 Å². The number of hydrogen-bond acceptors (Lipinski definition) is 3. The Kier molecular flexibility index (Phi) is 20.9. The molecule has 7 heteroatoms. The predicted molar refractivity (Wildman–Crippen MR) is 492 cm³/mol. The third kappa shape index (κ3) is 15.4. The molecule has 0 saturated carbocycles. The van der Waals surface area contributed by atoms with Gasteiger partial charge in [-0.1, -0.05) is 307 Å². The normalized spacial score (nSPS) is 11.0. The molecule has 21 aromatic rings. The number of nitrogens with one attached hydrogen (secondary N) is 1. The lowest BCUT2D eigenvalue weighted by atomic mass is 10.0. The van der Waals surface area contributed by atoms with E-state index in [1.807, 2.05) is 36.4 Å². The average molecular weight is 1540 g/mol. The summed E-state index contributed by atoms with van der Waals surface area (Å²) in [6.45, 7) is 0. The van der Waals surface area contributed by atoms with E-state index in [-0.39, 0.29) is 0 Å². The second kappa shape index (κ2) is 33.4. The zero-order chi connectivity index (χ0) is 77.1. The van der Waals surface area contributed by atoms with Crippen molar-refractivity contribution >= 4 is 127 Å². The molecule has 0 amide bonds. The molecule has 0 saturated heterocycles. The quantitative estimate of drug-likeness (QED) is 0.118. The molecule has 0 spiro atoms. The first kappa shape index (κ1) is 71.8. The molecule has 21 rings (SSSR count). The number of nitrogens with zero attached hydrogens (tertiary/aromatic N) is 5. The van der Waals surface area contributed by atoms with E-state index in [1.165, 1.54) is 104 Å². The van der Waals surface area contributed by atoms with Crippen molar-refractivity contribution in [3.63, 3.8) is 0 Å². The minimum absolute atomic E-state index is 1.08. The zero-order valence-corrected chi connectivity index (χ0v) is 64.7. The van der Waals surface area contributed by atoms with Gasteiger partial charge in [-0.25, -0.2) is 0 Å². The highest BCUT2D eigenvalue weighted by Gasteiger charge is 2.20. The van der Waals surface area contributed by atoms with Crippen LogP contribution < -0.4 is 15.1 Å². The zero-order valence-electron chi connectivity index (χ0n) is 63.1. The molecular formula is C108H79BrN6. The molecular weight excluding hydrogens is 1460 g/mol. The summed E-state index contributed by atoms with van der Waals surface area (Å²) in [7, 11) is 0. The van der Waals surface area contributed by atoms with Crippen molar-refractivity contribution in [3.05, 3.63) is 478 Å². The number of halogens is 1. The number of rotatable bonds is 14. The number of aromatic nitrogens is 3. The van der Waals surface area contributed by atoms with Crippen LogP contribution in [0.5, 0.6) is 0 Å². The maximum atomic E-state index is 3.46. The average Bonchev–Trinajstić information content (AvgIpc) is 1.62. The predicted octanol–water partition coefficient (Wildman–Crippen LogP) is 30.5. The Labute approximate surface area is 679 Å². The molecule has 18 aromatic carbocycles. The van der Waals surface area contributed by atoms with Gasteiger partial charge in [-0.3, -0.25) is 0 Å². The van der Waals surface area contributed by atoms with E-state index >= 15 is 0 Å². The maximum Gasteiger partial charge on any atom is 0.0541 e. The molecule has 0 fully saturated rings. The van der Waals surface area contributed by atoms with Crippen LogP contribution in [0, 0.1) is 0 Å². The number of para-hydroxylation sites is 9. The Morgan fingerprint density at radius 2 is 0.400 bits per heavy atom. The van der Waals surface area contributed by atoms with Crippen molar-refractivity contribution in [2.24, 2.45) is 0 Å². The number of fused-ring (bicyclic) bond motifs is 9. The van der Waals surface area contributed by atoms with Crippen LogP contribution in [-0.2, 0) is 0 Å². The summed E-state index contributed by atoms with van der Waals surface area (Å²) >= 11 is 3.46. The summed E-state index contributed by atoms with van der Waals surface area (Å²) in [4.78, 5) is 4.64. The topological polar surface area (TPSA) is 33.3 Å². The maximum absolute atomic E-state index is 3.46. The van der Waals surface area contributed by atoms with E-state index < -0.39 is 0 Å². The molecule has 6 nitrogen and oxygen atoms in total. The largest absolute Gasteiger partial charge is 0.356 e. The first-order valence-electron chi connectivity index (χ1n) is 38.9. The summed E-state index contributed by atoms with van der Waals surface area (Å²) in [6, 6.07) is 167. The van der Waals surface area contributed by atoms with Gasteiger partial charge in [-0.2, -0.15) is 0 Å². The highest BCUT2D eigenvalue weighted by molar-refractivity contribution is 9.10. The summed E-state index contributed by atoms with van der Waals surface area (Å²) in [5, 5.41) is 11.1. The second-order valence-corrected chi connectivity index (χ2v) is 29.1. The van der Waals surface area contributed by atoms with Gasteiger partial charge >= 0.3 is 0 Å². The van der Waals surface area contributed by atoms with E-state index in [2.05, 4.69) is 482 Å². The van der Waals surface area contributed by atoms with Crippen molar-refractivity contribution in [3.8, 4) is 50.4 Å². The van der Waals surface area contributed by atoms with Crippen molar-refractivity contribution in [1.29, 1.82) is 0 Å². The fourth-order valence-electron chi connectivity index (χ4n) is 15.7. The lowest BCUT2D eigenvalue weighted by Gasteiger charge is -2.26. The third-order valence-electron chi connectivity index (χ3n) is 21.0. The van der Waals surface area contributed by atoms with Gasteiger partial charge in [0.1, 0.15) is 0 Å². The first-order valence-corrected chi connectivity index (χ1v) is 39.7. The minimum Gasteiger partial charge on any atom is -0.356 e. The van der Waals surface area contributed by atoms with Crippen molar-refractivity contribution in [1.82, 2.24) is 13.7 Å². The van der Waals surface area contributed by atoms with Crippen LogP contribution in [0.3, 0.4) is 0 Å². The van der Waals surface area contributed by atoms with Crippen LogP contribution in [0.4, 0.5) is 45.5 Å². The van der Waals surface area contributed by atoms with Gasteiger partial charge in [-0.15, -0.1) is 0 Å². The molecule has 0 bridgehead atoms. The third-order valence-corrected chi connectivity index (χ3v) is 21.5. The van der Waals surface area contributed by atoms with Crippen molar-refractivity contribution in [2.75, 3.05) is 15.1 Å². The van der Waals surface area contributed by atoms with Gasteiger partial charge in [0, 0.05) is 99.4 Å². The monoisotopic (exact) mass is 1540 g/mol. The summed E-state index contributed by atoms with van der Waals surface area (Å²) < 4.78 is 8.17. The molecule has 0 aliphatic rings. The van der Waals surface area contributed by atoms with Crippen LogP contribution in [0.1, 0.15) is 0 Å². The van der Waals surface area contributed by atoms with Crippen molar-refractivity contribution in [2.45, 2.75) is 0 Å². The molecule has 0 aliphatic carbocycles. The lowest BCUT2D eigenvalue weighted by molar-refractivity contribution is 1.17. The van der Waals surface area contributed by atoms with Crippen LogP contribution in [0.15, 0.2) is 478 Å². The summed E-state index contributed by atoms with van der Waals surface area (Å²) in [6.07, 6.45) is 0. The van der Waals surface area contributed by atoms with Crippen LogP contribution in [0.25, 0.3) is 116 Å². The second-order valence-electron chi connectivity index (χ2n) is 28.2. The highest BCUT2D eigenvalue weighted by atomic mass is 79.9. The van der Waals surface area contributed by atoms with Gasteiger partial charge in [0.25, 0.3) is 0 Å². The van der Waals surface area contributed by atoms with Crippen molar-refractivity contribution < 1.29 is 0 Å². The van der Waals surface area contributed by atoms with E-state index in [4.69, 9.17) is 0 Å². The van der Waals surface area contributed by atoms with Gasteiger partial charge in [0.2, 0.25) is 0 Å². The molecule has 1 N–H and O–H groups in total. The van der Waals surface area contributed by atoms with Gasteiger partial charge in [-0.05, 0) is 215 Å². The molecule has 0 unspecified atom stereocenters. The Bertz CT molecular complexity index is 6410. The fraction of sp³-hybridized carbons (Fsp3) is 0. The lowest BCUT2D eigenvalue weighted by Crippen LogP contribution is -2.10. The summed E-state index contributed by atoms with van der Waals surface area (Å²) in [5.74, 6) is 0. The SMILES string of the molecule is Brc1cccc(-c2ccccc2)c1.c1ccc(-c2cccc(N(c3ccccc3)c3ccc(-n4c5ccccc5c5ccccc54)cc3)c2)cc1.c1ccc(-c2cccc(N(c3ccccc3)c3ccc(-n4c5ccccc5c5ccccc54)cc3)c2)cc1.c1ccc(Nc2ccc(-n3c4ccccc4c4ccccc43)cc2)cc1. The number of hydrogen-bond donors (Lipinski definition) is 1. The van der Waals surface area contributed by atoms with Crippen LogP contribution in [-0.4, -0.2) is 13.7 Å². The smallest absolute Gasteiger partial charge is 0.0541 e. The van der Waals surface area contributed by atoms with Gasteiger partial charge in [0.15, 0.2) is 0 Å². The Balaban J connectivity index is 0.000000112. The molecule has 0 radical (unpaired) electrons. The Hall–Kier alpha value is -14.8. The number of benzene rings is 18. The van der Waals surface area contributed by atoms with Crippen LogP contribution in [0.2, 0.25) is 0 Å². The Morgan fingerprint density at radius 1 is 0.174 bits per heavy atom. The molecule has 0 aliphatic heterocycles. The van der Waals surface area contributed by atoms with Crippen LogP contribution >= 0.6 is 15.9 Å². The molecule has 3 aromatic heterocycles. The summed E-state index contributed by atoms with van der Waals surface area (Å²) in [5.41, 5.74) is 27.1. The fourth-order valence-corrected chi connectivity index (χ4v) is 16.1. The molecule has 548 valence electrons. The van der Waals surface area contributed by atoms with E-state index in [0.29, 0.717) is 0 Å². The van der Waals surface area contributed by atoms with E-state index in [9.17, 15) is 0 Å². The number of anilines is 8. The highest BCUT2D eigenvalue weighted by Crippen LogP contribution is 2.42. The standard InChI is InChI=1S/2C36H26N2.C24H18N2.C12H9Br/c2*1-3-12-27(13-4-1)28-14-11-17-32(26-28)37(29-15-5-2-6-16-29)30-22-24-31(25-23-30)38-35-20-9-7-18-33(35)34-19-8-10-21-36(34)38;1-2-8-18(9-3-1)25-19-14-16-20(17-15-19)26-23-12-6-4-10-21(23)22-11-5-7-13-24(22)26;13-12-8-4-7-11(9-12)10-5-2-1-3-6-10/h2*1-26H;1-17,25H;1-9H. The minimum atomic E-state index is 1.08. The Morgan fingerprint density at radius 3 is 0.713 bits per heavy atom. The molecule has 115 heavy (non-hydrogen) atoms. The van der Waals surface area contributed by atoms with E-state index in [1.54, 1.807) is 0 Å². The van der Waals surface area contributed by atoms with E-state index in [0.717, 1.165) is 61.3 Å². The first-order chi connectivity index (χ1) is 57.0. The molecule has 3 heterocycles. The molecule has 0 atom stereocenters. The van der Waals surface area contributed by atoms with Gasteiger partial charge in [0.05, 0.1) is 33.1 Å².